The van der Waals surface area contributed by atoms with E-state index in [4.69, 9.17) is 4.74 Å². The molecule has 6 nitrogen and oxygen atoms in total. The molecule has 7 heteroatoms. The maximum Gasteiger partial charge on any atom is 0.339 e. The van der Waals surface area contributed by atoms with Gasteiger partial charge in [-0.25, -0.2) is 13.2 Å². The Balaban J connectivity index is 2.43. The van der Waals surface area contributed by atoms with Crippen molar-refractivity contribution >= 4 is 16.0 Å². The summed E-state index contributed by atoms with van der Waals surface area (Å²) >= 11 is 0. The van der Waals surface area contributed by atoms with Crippen LogP contribution < -0.4 is 5.32 Å². The third-order valence-electron chi connectivity index (χ3n) is 4.04. The number of piperidine rings is 1. The molecule has 1 aromatic carbocycles. The Hall–Kier alpha value is -1.44. The number of rotatable bonds is 6. The number of carbonyl (C=O) groups is 1. The molecule has 1 aliphatic heterocycles. The van der Waals surface area contributed by atoms with Crippen LogP contribution in [0.15, 0.2) is 29.2 Å². The van der Waals surface area contributed by atoms with Crippen molar-refractivity contribution in [3.05, 3.63) is 29.8 Å². The van der Waals surface area contributed by atoms with Gasteiger partial charge < -0.3 is 10.1 Å². The van der Waals surface area contributed by atoms with Crippen molar-refractivity contribution < 1.29 is 17.9 Å². The first-order valence-corrected chi connectivity index (χ1v) is 9.36. The molecule has 0 aromatic heterocycles. The average molecular weight is 340 g/mol. The first kappa shape index (κ1) is 17.9. The molecule has 1 heterocycles. The Labute approximate surface area is 137 Å². The molecule has 1 fully saturated rings. The number of nitrogens with one attached hydrogen (secondary N) is 1. The molecule has 0 atom stereocenters. The van der Waals surface area contributed by atoms with E-state index >= 15 is 0 Å². The largest absolute Gasteiger partial charge is 0.465 e. The average Bonchev–Trinajstić information content (AvgIpc) is 2.59. The molecular weight excluding hydrogens is 316 g/mol. The number of hydrogen-bond donors (Lipinski definition) is 1. The lowest BCUT2D eigenvalue weighted by Crippen LogP contribution is -2.46. The molecule has 0 spiro atoms. The zero-order valence-corrected chi connectivity index (χ0v) is 14.4. The van der Waals surface area contributed by atoms with Crippen molar-refractivity contribution in [3.8, 4) is 0 Å². The van der Waals surface area contributed by atoms with Crippen LogP contribution in [0.2, 0.25) is 0 Å². The number of nitrogens with zero attached hydrogens (tertiary/aromatic N) is 1. The van der Waals surface area contributed by atoms with Crippen LogP contribution in [0.25, 0.3) is 0 Å². The molecule has 0 amide bonds. The van der Waals surface area contributed by atoms with Crippen LogP contribution in [0.1, 0.15) is 36.5 Å². The van der Waals surface area contributed by atoms with Crippen LogP contribution in [0.5, 0.6) is 0 Å². The predicted molar refractivity (Wildman–Crippen MR) is 87.9 cm³/mol. The number of carbonyl (C=O) groups excluding carboxylic acids is 1. The molecule has 128 valence electrons. The highest BCUT2D eigenvalue weighted by molar-refractivity contribution is 7.89. The summed E-state index contributed by atoms with van der Waals surface area (Å²) in [5, 5.41) is 3.25. The standard InChI is InChI=1S/C16H24N2O4S/c1-3-12-18(13-8-10-17-11-9-13)23(20,21)15-7-5-4-6-14(15)16(19)22-2/h4-7,13,17H,3,8-12H2,1-2H3. The van der Waals surface area contributed by atoms with Gasteiger partial charge in [0.2, 0.25) is 10.0 Å². The molecule has 0 saturated carbocycles. The first-order chi connectivity index (χ1) is 11.0. The summed E-state index contributed by atoms with van der Waals surface area (Å²) in [7, 11) is -2.49. The lowest BCUT2D eigenvalue weighted by Gasteiger charge is -2.33. The number of hydrogen-bond acceptors (Lipinski definition) is 5. The van der Waals surface area contributed by atoms with Gasteiger partial charge in [-0.1, -0.05) is 19.1 Å². The first-order valence-electron chi connectivity index (χ1n) is 7.92. The summed E-state index contributed by atoms with van der Waals surface area (Å²) in [6.45, 7) is 4.01. The van der Waals surface area contributed by atoms with E-state index in [2.05, 4.69) is 5.32 Å². The summed E-state index contributed by atoms with van der Waals surface area (Å²) in [5.74, 6) is -0.633. The van der Waals surface area contributed by atoms with E-state index in [0.717, 1.165) is 32.4 Å². The van der Waals surface area contributed by atoms with Gasteiger partial charge in [0.25, 0.3) is 0 Å². The van der Waals surface area contributed by atoms with E-state index in [1.165, 1.54) is 19.2 Å². The van der Waals surface area contributed by atoms with Gasteiger partial charge in [0.15, 0.2) is 0 Å². The molecule has 0 unspecified atom stereocenters. The highest BCUT2D eigenvalue weighted by atomic mass is 32.2. The second-order valence-corrected chi connectivity index (χ2v) is 7.44. The Kier molecular flexibility index (Phi) is 6.15. The van der Waals surface area contributed by atoms with E-state index < -0.39 is 16.0 Å². The van der Waals surface area contributed by atoms with Gasteiger partial charge in [-0.15, -0.1) is 0 Å². The third-order valence-corrected chi connectivity index (χ3v) is 6.05. The van der Waals surface area contributed by atoms with Crippen molar-refractivity contribution in [1.29, 1.82) is 0 Å². The molecular formula is C16H24N2O4S. The van der Waals surface area contributed by atoms with Crippen LogP contribution >= 0.6 is 0 Å². The number of benzene rings is 1. The van der Waals surface area contributed by atoms with Crippen molar-refractivity contribution in [2.75, 3.05) is 26.7 Å². The topological polar surface area (TPSA) is 75.7 Å². The zero-order valence-electron chi connectivity index (χ0n) is 13.6. The summed E-state index contributed by atoms with van der Waals surface area (Å²) in [6.07, 6.45) is 2.28. The van der Waals surface area contributed by atoms with Crippen molar-refractivity contribution in [2.45, 2.75) is 37.1 Å². The van der Waals surface area contributed by atoms with Gasteiger partial charge in [0.05, 0.1) is 17.6 Å². The highest BCUT2D eigenvalue weighted by Gasteiger charge is 2.34. The predicted octanol–water partition coefficient (Wildman–Crippen LogP) is 1.63. The second-order valence-electron chi connectivity index (χ2n) is 5.58. The zero-order chi connectivity index (χ0) is 16.9. The molecule has 23 heavy (non-hydrogen) atoms. The van der Waals surface area contributed by atoms with Gasteiger partial charge in [-0.3, -0.25) is 0 Å². The molecule has 2 rings (SSSR count). The lowest BCUT2D eigenvalue weighted by molar-refractivity contribution is 0.0596. The minimum atomic E-state index is -3.74. The van der Waals surface area contributed by atoms with E-state index in [1.54, 1.807) is 16.4 Å². The van der Waals surface area contributed by atoms with Crippen LogP contribution in [-0.2, 0) is 14.8 Å². The third kappa shape index (κ3) is 3.91. The van der Waals surface area contributed by atoms with E-state index in [9.17, 15) is 13.2 Å². The fourth-order valence-electron chi connectivity index (χ4n) is 2.91. The fraction of sp³-hybridized carbons (Fsp3) is 0.562. The van der Waals surface area contributed by atoms with Crippen molar-refractivity contribution in [3.63, 3.8) is 0 Å². The van der Waals surface area contributed by atoms with Gasteiger partial charge in [0.1, 0.15) is 0 Å². The van der Waals surface area contributed by atoms with Crippen LogP contribution in [0.4, 0.5) is 0 Å². The minimum Gasteiger partial charge on any atom is -0.465 e. The molecule has 0 aliphatic carbocycles. The minimum absolute atomic E-state index is 0.0267. The van der Waals surface area contributed by atoms with Crippen molar-refractivity contribution in [1.82, 2.24) is 9.62 Å². The smallest absolute Gasteiger partial charge is 0.339 e. The quantitative estimate of drug-likeness (QED) is 0.797. The van der Waals surface area contributed by atoms with E-state index in [1.807, 2.05) is 6.92 Å². The summed E-state index contributed by atoms with van der Waals surface area (Å²) in [4.78, 5) is 11.9. The maximum absolute atomic E-state index is 13.2. The number of ether oxygens (including phenoxy) is 1. The Bertz CT molecular complexity index is 639. The Morgan fingerprint density at radius 1 is 1.30 bits per heavy atom. The van der Waals surface area contributed by atoms with Gasteiger partial charge in [-0.2, -0.15) is 4.31 Å². The van der Waals surface area contributed by atoms with Crippen LogP contribution in [-0.4, -0.2) is 51.5 Å². The molecule has 1 aliphatic rings. The molecule has 1 saturated heterocycles. The Morgan fingerprint density at radius 3 is 2.57 bits per heavy atom. The maximum atomic E-state index is 13.2. The summed E-state index contributed by atoms with van der Waals surface area (Å²) < 4.78 is 32.6. The van der Waals surface area contributed by atoms with Crippen LogP contribution in [0, 0.1) is 0 Å². The normalized spacial score (nSPS) is 16.5. The van der Waals surface area contributed by atoms with Crippen LogP contribution in [0.3, 0.4) is 0 Å². The van der Waals surface area contributed by atoms with Gasteiger partial charge in [-0.05, 0) is 44.5 Å². The molecule has 1 N–H and O–H groups in total. The highest BCUT2D eigenvalue weighted by Crippen LogP contribution is 2.25. The Morgan fingerprint density at radius 2 is 1.96 bits per heavy atom. The monoisotopic (exact) mass is 340 g/mol. The SMILES string of the molecule is CCCN(C1CCNCC1)S(=O)(=O)c1ccccc1C(=O)OC. The fourth-order valence-corrected chi connectivity index (χ4v) is 4.87. The molecule has 0 radical (unpaired) electrons. The van der Waals surface area contributed by atoms with E-state index in [-0.39, 0.29) is 16.5 Å². The van der Waals surface area contributed by atoms with Gasteiger partial charge >= 0.3 is 5.97 Å². The lowest BCUT2D eigenvalue weighted by atomic mass is 10.1. The summed E-state index contributed by atoms with van der Waals surface area (Å²) in [6, 6.07) is 6.20. The molecule has 0 bridgehead atoms. The number of sulfonamides is 1. The molecule has 1 aromatic rings. The summed E-state index contributed by atoms with van der Waals surface area (Å²) in [5.41, 5.74) is 0.0880. The van der Waals surface area contributed by atoms with E-state index in [0.29, 0.717) is 6.54 Å². The number of methoxy groups -OCH3 is 1. The number of esters is 1. The van der Waals surface area contributed by atoms with Crippen molar-refractivity contribution in [2.24, 2.45) is 0 Å². The van der Waals surface area contributed by atoms with Gasteiger partial charge in [0, 0.05) is 12.6 Å². The second kappa shape index (κ2) is 7.90.